The van der Waals surface area contributed by atoms with Gasteiger partial charge in [0.2, 0.25) is 0 Å². The summed E-state index contributed by atoms with van der Waals surface area (Å²) in [5.74, 6) is 1.56. The number of aryl methyl sites for hydroxylation is 2. The highest BCUT2D eigenvalue weighted by molar-refractivity contribution is 14.0. The van der Waals surface area contributed by atoms with E-state index in [1.54, 1.807) is 19.2 Å². The first-order valence-corrected chi connectivity index (χ1v) is 9.99. The Hall–Kier alpha value is -2.82. The van der Waals surface area contributed by atoms with Crippen molar-refractivity contribution in [3.8, 4) is 0 Å². The molecule has 0 aliphatic rings. The second-order valence-corrected chi connectivity index (χ2v) is 6.65. The number of aliphatic imine (C=N–C) groups is 1. The topological polar surface area (TPSA) is 105 Å². The number of carbonyl (C=O) groups is 1. The number of nitrogens with one attached hydrogen (secondary N) is 3. The lowest BCUT2D eigenvalue weighted by molar-refractivity contribution is 0.0996. The minimum absolute atomic E-state index is 0. The SMILES string of the molecule is CCc1noc(CC)c1CNC(=NC)NCc1cccc(NC(=O)c2ccco2)c1.I. The molecule has 0 unspecified atom stereocenters. The van der Waals surface area contributed by atoms with Crippen molar-refractivity contribution in [2.75, 3.05) is 12.4 Å². The summed E-state index contributed by atoms with van der Waals surface area (Å²) in [4.78, 5) is 16.4. The molecule has 0 spiro atoms. The first kappa shape index (κ1) is 24.4. The number of aromatic nitrogens is 1. The molecule has 0 aliphatic heterocycles. The highest BCUT2D eigenvalue weighted by atomic mass is 127. The van der Waals surface area contributed by atoms with E-state index in [4.69, 9.17) is 8.94 Å². The van der Waals surface area contributed by atoms with Crippen molar-refractivity contribution < 1.29 is 13.7 Å². The van der Waals surface area contributed by atoms with Crippen molar-refractivity contribution >= 4 is 41.5 Å². The summed E-state index contributed by atoms with van der Waals surface area (Å²) in [7, 11) is 1.73. The Balaban J connectivity index is 0.00000341. The maximum Gasteiger partial charge on any atom is 0.291 e. The molecule has 31 heavy (non-hydrogen) atoms. The number of amides is 1. The van der Waals surface area contributed by atoms with Crippen LogP contribution in [0.4, 0.5) is 5.69 Å². The first-order chi connectivity index (χ1) is 14.6. The van der Waals surface area contributed by atoms with Gasteiger partial charge in [-0.25, -0.2) is 0 Å². The van der Waals surface area contributed by atoms with Crippen LogP contribution < -0.4 is 16.0 Å². The molecule has 1 amide bonds. The van der Waals surface area contributed by atoms with Gasteiger partial charge in [-0.15, -0.1) is 24.0 Å². The second-order valence-electron chi connectivity index (χ2n) is 6.65. The summed E-state index contributed by atoms with van der Waals surface area (Å²) in [6.07, 6.45) is 3.09. The Labute approximate surface area is 198 Å². The van der Waals surface area contributed by atoms with Gasteiger partial charge in [-0.2, -0.15) is 0 Å². The molecule has 166 valence electrons. The van der Waals surface area contributed by atoms with Gasteiger partial charge in [-0.1, -0.05) is 31.1 Å². The lowest BCUT2D eigenvalue weighted by Gasteiger charge is -2.13. The van der Waals surface area contributed by atoms with Gasteiger partial charge in [-0.3, -0.25) is 9.79 Å². The molecule has 8 nitrogen and oxygen atoms in total. The molecule has 3 rings (SSSR count). The van der Waals surface area contributed by atoms with Crippen LogP contribution in [-0.2, 0) is 25.9 Å². The molecule has 9 heteroatoms. The van der Waals surface area contributed by atoms with Gasteiger partial charge in [0.25, 0.3) is 5.91 Å². The van der Waals surface area contributed by atoms with Crippen molar-refractivity contribution in [1.82, 2.24) is 15.8 Å². The van der Waals surface area contributed by atoms with E-state index < -0.39 is 0 Å². The molecule has 0 saturated heterocycles. The van der Waals surface area contributed by atoms with Gasteiger partial charge in [0.05, 0.1) is 12.0 Å². The fourth-order valence-electron chi connectivity index (χ4n) is 3.08. The van der Waals surface area contributed by atoms with E-state index in [0.717, 1.165) is 35.4 Å². The largest absolute Gasteiger partial charge is 0.459 e. The summed E-state index contributed by atoms with van der Waals surface area (Å²) in [5.41, 5.74) is 3.76. The number of furan rings is 1. The monoisotopic (exact) mass is 537 g/mol. The van der Waals surface area contributed by atoms with Gasteiger partial charge in [0, 0.05) is 37.8 Å². The minimum atomic E-state index is -0.283. The number of hydrogen-bond donors (Lipinski definition) is 3. The van der Waals surface area contributed by atoms with E-state index in [-0.39, 0.29) is 35.6 Å². The van der Waals surface area contributed by atoms with Gasteiger partial charge in [0.15, 0.2) is 11.7 Å². The fourth-order valence-corrected chi connectivity index (χ4v) is 3.08. The van der Waals surface area contributed by atoms with Crippen molar-refractivity contribution in [2.45, 2.75) is 39.8 Å². The van der Waals surface area contributed by atoms with Crippen molar-refractivity contribution in [3.63, 3.8) is 0 Å². The van der Waals surface area contributed by atoms with Crippen LogP contribution in [0.3, 0.4) is 0 Å². The zero-order valence-electron chi connectivity index (χ0n) is 17.9. The van der Waals surface area contributed by atoms with Crippen LogP contribution in [-0.4, -0.2) is 24.1 Å². The molecule has 2 aromatic heterocycles. The van der Waals surface area contributed by atoms with Crippen LogP contribution in [0.1, 0.15) is 47.0 Å². The Morgan fingerprint density at radius 2 is 1.90 bits per heavy atom. The lowest BCUT2D eigenvalue weighted by Crippen LogP contribution is -2.36. The Morgan fingerprint density at radius 1 is 1.10 bits per heavy atom. The first-order valence-electron chi connectivity index (χ1n) is 9.99. The number of rotatable bonds is 8. The summed E-state index contributed by atoms with van der Waals surface area (Å²) < 4.78 is 10.5. The molecule has 0 radical (unpaired) electrons. The minimum Gasteiger partial charge on any atom is -0.459 e. The third-order valence-electron chi connectivity index (χ3n) is 4.65. The molecule has 1 aromatic carbocycles. The zero-order chi connectivity index (χ0) is 21.3. The molecule has 2 heterocycles. The molecular formula is C22H28IN5O3. The highest BCUT2D eigenvalue weighted by Gasteiger charge is 2.14. The molecule has 3 aromatic rings. The maximum atomic E-state index is 12.1. The van der Waals surface area contributed by atoms with Crippen molar-refractivity contribution in [3.05, 3.63) is 71.0 Å². The lowest BCUT2D eigenvalue weighted by atomic mass is 10.1. The number of guanidine groups is 1. The second kappa shape index (κ2) is 12.1. The number of benzene rings is 1. The Kier molecular flexibility index (Phi) is 9.57. The zero-order valence-corrected chi connectivity index (χ0v) is 20.2. The van der Waals surface area contributed by atoms with Crippen molar-refractivity contribution in [1.29, 1.82) is 0 Å². The number of anilines is 1. The van der Waals surface area contributed by atoms with E-state index >= 15 is 0 Å². The third-order valence-corrected chi connectivity index (χ3v) is 4.65. The van der Waals surface area contributed by atoms with Gasteiger partial charge >= 0.3 is 0 Å². The van der Waals surface area contributed by atoms with Crippen LogP contribution in [0.2, 0.25) is 0 Å². The van der Waals surface area contributed by atoms with E-state index in [0.29, 0.717) is 24.7 Å². The predicted octanol–water partition coefficient (Wildman–Crippen LogP) is 4.13. The summed E-state index contributed by atoms with van der Waals surface area (Å²) >= 11 is 0. The molecule has 0 aliphatic carbocycles. The molecule has 3 N–H and O–H groups in total. The van der Waals surface area contributed by atoms with Crippen LogP contribution >= 0.6 is 24.0 Å². The van der Waals surface area contributed by atoms with Crippen LogP contribution in [0.15, 0.2) is 56.6 Å². The van der Waals surface area contributed by atoms with Crippen LogP contribution in [0, 0.1) is 0 Å². The van der Waals surface area contributed by atoms with E-state index in [2.05, 4.69) is 33.0 Å². The number of hydrogen-bond acceptors (Lipinski definition) is 5. The summed E-state index contributed by atoms with van der Waals surface area (Å²) in [6.45, 7) is 5.25. The van der Waals surface area contributed by atoms with Crippen LogP contribution in [0.5, 0.6) is 0 Å². The van der Waals surface area contributed by atoms with Crippen molar-refractivity contribution in [2.24, 2.45) is 4.99 Å². The molecule has 0 bridgehead atoms. The summed E-state index contributed by atoms with van der Waals surface area (Å²) in [6, 6.07) is 10.9. The Morgan fingerprint density at radius 3 is 2.58 bits per heavy atom. The third kappa shape index (κ3) is 6.58. The molecular weight excluding hydrogens is 509 g/mol. The number of carbonyl (C=O) groups excluding carboxylic acids is 1. The van der Waals surface area contributed by atoms with E-state index in [1.807, 2.05) is 31.2 Å². The number of nitrogens with zero attached hydrogens (tertiary/aromatic N) is 2. The normalized spacial score (nSPS) is 11.0. The summed E-state index contributed by atoms with van der Waals surface area (Å²) in [5, 5.41) is 13.6. The maximum absolute atomic E-state index is 12.1. The van der Waals surface area contributed by atoms with Gasteiger partial charge in [-0.05, 0) is 36.2 Å². The molecule has 0 saturated carbocycles. The van der Waals surface area contributed by atoms with Gasteiger partial charge in [0.1, 0.15) is 5.76 Å². The molecule has 0 atom stereocenters. The van der Waals surface area contributed by atoms with E-state index in [9.17, 15) is 4.79 Å². The Bertz CT molecular complexity index is 977. The van der Waals surface area contributed by atoms with Crippen LogP contribution in [0.25, 0.3) is 0 Å². The molecule has 0 fully saturated rings. The average molecular weight is 537 g/mol. The van der Waals surface area contributed by atoms with Gasteiger partial charge < -0.3 is 24.9 Å². The standard InChI is InChI=1S/C22H27N5O3.HI/c1-4-18-17(19(5-2)30-27-18)14-25-22(23-3)24-13-15-8-6-9-16(12-15)26-21(28)20-10-7-11-29-20;/h6-12H,4-5,13-14H2,1-3H3,(H,26,28)(H2,23,24,25);1H. The number of halogens is 1. The highest BCUT2D eigenvalue weighted by Crippen LogP contribution is 2.16. The average Bonchev–Trinajstić information content (AvgIpc) is 3.44. The quantitative estimate of drug-likeness (QED) is 0.227. The predicted molar refractivity (Wildman–Crippen MR) is 131 cm³/mol. The smallest absolute Gasteiger partial charge is 0.291 e. The fraction of sp³-hybridized carbons (Fsp3) is 0.318. The van der Waals surface area contributed by atoms with E-state index in [1.165, 1.54) is 6.26 Å².